The number of benzene rings is 2. The Labute approximate surface area is 189 Å². The second kappa shape index (κ2) is 10.7. The summed E-state index contributed by atoms with van der Waals surface area (Å²) in [6, 6.07) is 21.4. The number of nitrogens with one attached hydrogen (secondary N) is 4. The quantitative estimate of drug-likeness (QED) is 0.257. The lowest BCUT2D eigenvalue weighted by atomic mass is 10.1. The molecule has 1 heterocycles. The standard InChI is InChI=1S/C21H20N4O2S3/c1-27-19(26)17-13-16(12-14-8-4-2-5-9-14)30-18(17)23-21(29)25-24-20(28)22-15-10-6-3-7-11-15/h2-11,13H,12H2,1H3,(H2,22,24,28)(H2,23,25,29). The highest BCUT2D eigenvalue weighted by molar-refractivity contribution is 7.81. The molecule has 0 unspecified atom stereocenters. The van der Waals surface area contributed by atoms with Gasteiger partial charge in [0.1, 0.15) is 5.00 Å². The van der Waals surface area contributed by atoms with Crippen LogP contribution in [0.3, 0.4) is 0 Å². The summed E-state index contributed by atoms with van der Waals surface area (Å²) in [4.78, 5) is 13.2. The van der Waals surface area contributed by atoms with E-state index in [9.17, 15) is 4.79 Å². The monoisotopic (exact) mass is 456 g/mol. The molecular formula is C21H20N4O2S3. The maximum Gasteiger partial charge on any atom is 0.340 e. The third-order valence-electron chi connectivity index (χ3n) is 3.96. The fourth-order valence-corrected chi connectivity index (χ4v) is 4.08. The SMILES string of the molecule is COC(=O)c1cc(Cc2ccccc2)sc1NC(=S)NNC(=S)Nc1ccccc1. The van der Waals surface area contributed by atoms with Crippen molar-refractivity contribution in [2.24, 2.45) is 0 Å². The van der Waals surface area contributed by atoms with Gasteiger partial charge < -0.3 is 15.4 Å². The van der Waals surface area contributed by atoms with Gasteiger partial charge in [-0.15, -0.1) is 11.3 Å². The highest BCUT2D eigenvalue weighted by Crippen LogP contribution is 2.30. The van der Waals surface area contributed by atoms with Crippen LogP contribution in [0.5, 0.6) is 0 Å². The summed E-state index contributed by atoms with van der Waals surface area (Å²) in [5.41, 5.74) is 8.07. The maximum absolute atomic E-state index is 12.2. The third kappa shape index (κ3) is 6.24. The summed E-state index contributed by atoms with van der Waals surface area (Å²) < 4.78 is 4.90. The molecule has 0 fully saturated rings. The molecule has 0 aliphatic heterocycles. The first-order valence-electron chi connectivity index (χ1n) is 8.99. The highest BCUT2D eigenvalue weighted by Gasteiger charge is 2.18. The lowest BCUT2D eigenvalue weighted by Crippen LogP contribution is -2.45. The van der Waals surface area contributed by atoms with E-state index in [2.05, 4.69) is 21.5 Å². The van der Waals surface area contributed by atoms with Crippen molar-refractivity contribution in [3.05, 3.63) is 82.7 Å². The molecule has 0 bridgehead atoms. The summed E-state index contributed by atoms with van der Waals surface area (Å²) in [5.74, 6) is -0.426. The minimum Gasteiger partial charge on any atom is -0.465 e. The first-order chi connectivity index (χ1) is 14.5. The van der Waals surface area contributed by atoms with Gasteiger partial charge in [-0.05, 0) is 48.2 Å². The number of carbonyl (C=O) groups is 1. The van der Waals surface area contributed by atoms with Crippen LogP contribution in [0.2, 0.25) is 0 Å². The van der Waals surface area contributed by atoms with Gasteiger partial charge in [0, 0.05) is 17.0 Å². The van der Waals surface area contributed by atoms with Crippen molar-refractivity contribution < 1.29 is 9.53 Å². The zero-order valence-corrected chi connectivity index (χ0v) is 18.5. The molecular weight excluding hydrogens is 436 g/mol. The van der Waals surface area contributed by atoms with Gasteiger partial charge >= 0.3 is 5.97 Å². The Morgan fingerprint density at radius 3 is 2.17 bits per heavy atom. The zero-order valence-electron chi connectivity index (χ0n) is 16.1. The molecule has 0 amide bonds. The van der Waals surface area contributed by atoms with E-state index in [1.54, 1.807) is 0 Å². The van der Waals surface area contributed by atoms with Crippen molar-refractivity contribution in [2.45, 2.75) is 6.42 Å². The molecule has 0 spiro atoms. The van der Waals surface area contributed by atoms with Crippen molar-refractivity contribution >= 4 is 62.7 Å². The van der Waals surface area contributed by atoms with Crippen LogP contribution in [0.15, 0.2) is 66.7 Å². The van der Waals surface area contributed by atoms with E-state index < -0.39 is 5.97 Å². The number of para-hydroxylation sites is 1. The van der Waals surface area contributed by atoms with E-state index in [0.717, 1.165) is 16.1 Å². The summed E-state index contributed by atoms with van der Waals surface area (Å²) in [6.07, 6.45) is 0.709. The van der Waals surface area contributed by atoms with Gasteiger partial charge in [-0.25, -0.2) is 4.79 Å². The maximum atomic E-state index is 12.2. The molecule has 154 valence electrons. The number of anilines is 2. The van der Waals surface area contributed by atoms with Crippen LogP contribution in [0.1, 0.15) is 20.8 Å². The first kappa shape index (κ1) is 21.7. The normalized spacial score (nSPS) is 10.0. The lowest BCUT2D eigenvalue weighted by molar-refractivity contribution is 0.0602. The van der Waals surface area contributed by atoms with Gasteiger partial charge in [0.25, 0.3) is 0 Å². The molecule has 0 aliphatic rings. The first-order valence-corrected chi connectivity index (χ1v) is 10.6. The molecule has 3 rings (SSSR count). The fraction of sp³-hybridized carbons (Fsp3) is 0.0952. The second-order valence-corrected chi connectivity index (χ2v) is 8.09. The Balaban J connectivity index is 1.61. The second-order valence-electron chi connectivity index (χ2n) is 6.13. The third-order valence-corrected chi connectivity index (χ3v) is 5.42. The number of carbonyl (C=O) groups excluding carboxylic acids is 1. The Hall–Kier alpha value is -3.01. The minimum atomic E-state index is -0.426. The summed E-state index contributed by atoms with van der Waals surface area (Å²) in [7, 11) is 1.35. The fourth-order valence-electron chi connectivity index (χ4n) is 2.61. The van der Waals surface area contributed by atoms with Crippen molar-refractivity contribution in [3.63, 3.8) is 0 Å². The number of hydrogen-bond donors (Lipinski definition) is 4. The Morgan fingerprint density at radius 1 is 0.933 bits per heavy atom. The van der Waals surface area contributed by atoms with Crippen molar-refractivity contribution in [1.82, 2.24) is 10.9 Å². The number of ether oxygens (including phenoxy) is 1. The van der Waals surface area contributed by atoms with E-state index in [0.29, 0.717) is 22.1 Å². The van der Waals surface area contributed by atoms with Crippen LogP contribution in [0, 0.1) is 0 Å². The number of thiophene rings is 1. The number of esters is 1. The predicted molar refractivity (Wildman–Crippen MR) is 130 cm³/mol. The van der Waals surface area contributed by atoms with E-state index in [4.69, 9.17) is 29.2 Å². The molecule has 30 heavy (non-hydrogen) atoms. The van der Waals surface area contributed by atoms with Gasteiger partial charge in [-0.2, -0.15) is 0 Å². The molecule has 1 aromatic heterocycles. The van der Waals surface area contributed by atoms with Gasteiger partial charge in [-0.1, -0.05) is 48.5 Å². The number of thiocarbonyl (C=S) groups is 2. The molecule has 0 radical (unpaired) electrons. The molecule has 6 nitrogen and oxygen atoms in total. The van der Waals surface area contributed by atoms with Gasteiger partial charge in [0.2, 0.25) is 0 Å². The summed E-state index contributed by atoms with van der Waals surface area (Å²) in [6.45, 7) is 0. The lowest BCUT2D eigenvalue weighted by Gasteiger charge is -2.14. The zero-order chi connectivity index (χ0) is 21.3. The van der Waals surface area contributed by atoms with E-state index in [1.807, 2.05) is 66.7 Å². The van der Waals surface area contributed by atoms with Crippen LogP contribution in [0.4, 0.5) is 10.7 Å². The predicted octanol–water partition coefficient (Wildman–Crippen LogP) is 4.31. The van der Waals surface area contributed by atoms with Crippen molar-refractivity contribution in [3.8, 4) is 0 Å². The average molecular weight is 457 g/mol. The number of hydrogen-bond acceptors (Lipinski definition) is 5. The number of hydrazine groups is 1. The Morgan fingerprint density at radius 2 is 1.53 bits per heavy atom. The van der Waals surface area contributed by atoms with E-state index >= 15 is 0 Å². The van der Waals surface area contributed by atoms with Crippen LogP contribution in [0.25, 0.3) is 0 Å². The van der Waals surface area contributed by atoms with Gasteiger partial charge in [-0.3, -0.25) is 10.9 Å². The van der Waals surface area contributed by atoms with E-state index in [1.165, 1.54) is 18.4 Å². The largest absolute Gasteiger partial charge is 0.465 e. The number of rotatable bonds is 5. The molecule has 4 N–H and O–H groups in total. The van der Waals surface area contributed by atoms with Gasteiger partial charge in [0.15, 0.2) is 10.2 Å². The molecule has 9 heteroatoms. The van der Waals surface area contributed by atoms with Crippen LogP contribution < -0.4 is 21.5 Å². The Kier molecular flexibility index (Phi) is 7.72. The van der Waals surface area contributed by atoms with E-state index in [-0.39, 0.29) is 5.11 Å². The highest BCUT2D eigenvalue weighted by atomic mass is 32.1. The van der Waals surface area contributed by atoms with Crippen LogP contribution in [-0.2, 0) is 11.2 Å². The summed E-state index contributed by atoms with van der Waals surface area (Å²) in [5, 5.41) is 7.30. The van der Waals surface area contributed by atoms with Crippen LogP contribution in [-0.4, -0.2) is 23.3 Å². The number of methoxy groups -OCH3 is 1. The molecule has 0 saturated heterocycles. The van der Waals surface area contributed by atoms with Gasteiger partial charge in [0.05, 0.1) is 12.7 Å². The minimum absolute atomic E-state index is 0.269. The molecule has 0 atom stereocenters. The Bertz CT molecular complexity index is 1020. The topological polar surface area (TPSA) is 74.4 Å². The molecule has 3 aromatic rings. The van der Waals surface area contributed by atoms with Crippen molar-refractivity contribution in [2.75, 3.05) is 17.7 Å². The van der Waals surface area contributed by atoms with Crippen LogP contribution >= 0.6 is 35.8 Å². The van der Waals surface area contributed by atoms with Crippen molar-refractivity contribution in [1.29, 1.82) is 0 Å². The average Bonchev–Trinajstić information content (AvgIpc) is 3.15. The molecule has 2 aromatic carbocycles. The summed E-state index contributed by atoms with van der Waals surface area (Å²) >= 11 is 12.0. The molecule has 0 aliphatic carbocycles. The smallest absolute Gasteiger partial charge is 0.340 e. The molecule has 0 saturated carbocycles.